The van der Waals surface area contributed by atoms with Crippen LogP contribution in [0.25, 0.3) is 0 Å². The first kappa shape index (κ1) is 23.3. The molecular weight excluding hydrogens is 454 g/mol. The molecule has 1 heterocycles. The van der Waals surface area contributed by atoms with E-state index in [-0.39, 0.29) is 17.3 Å². The lowest BCUT2D eigenvalue weighted by molar-refractivity contribution is -0.121. The highest BCUT2D eigenvalue weighted by molar-refractivity contribution is 7.92. The van der Waals surface area contributed by atoms with Gasteiger partial charge in [0.1, 0.15) is 18.8 Å². The van der Waals surface area contributed by atoms with Gasteiger partial charge < -0.3 is 10.1 Å². The Hall–Kier alpha value is -3.85. The molecule has 1 N–H and O–H groups in total. The van der Waals surface area contributed by atoms with E-state index in [9.17, 15) is 18.0 Å². The summed E-state index contributed by atoms with van der Waals surface area (Å²) in [6, 6.07) is 19.9. The molecule has 0 unspecified atom stereocenters. The minimum atomic E-state index is -4.09. The highest BCUT2D eigenvalue weighted by atomic mass is 32.2. The Labute approximate surface area is 198 Å². The lowest BCUT2D eigenvalue weighted by Crippen LogP contribution is -2.48. The molecular formula is C25H25N3O5S. The summed E-state index contributed by atoms with van der Waals surface area (Å²) in [6.07, 6.45) is 0. The van der Waals surface area contributed by atoms with Crippen molar-refractivity contribution in [2.75, 3.05) is 34.2 Å². The van der Waals surface area contributed by atoms with Crippen LogP contribution in [0.1, 0.15) is 12.5 Å². The lowest BCUT2D eigenvalue weighted by atomic mass is 10.2. The van der Waals surface area contributed by atoms with Gasteiger partial charge in [-0.05, 0) is 62.4 Å². The van der Waals surface area contributed by atoms with Crippen molar-refractivity contribution in [1.29, 1.82) is 0 Å². The summed E-state index contributed by atoms with van der Waals surface area (Å²) >= 11 is 0. The lowest BCUT2D eigenvalue weighted by Gasteiger charge is -2.32. The van der Waals surface area contributed by atoms with Crippen molar-refractivity contribution in [2.45, 2.75) is 18.7 Å². The normalized spacial score (nSPS) is 13.1. The molecule has 1 aliphatic rings. The molecule has 0 spiro atoms. The second-order valence-corrected chi connectivity index (χ2v) is 9.66. The van der Waals surface area contributed by atoms with E-state index in [2.05, 4.69) is 5.32 Å². The van der Waals surface area contributed by atoms with Gasteiger partial charge in [-0.3, -0.25) is 18.8 Å². The van der Waals surface area contributed by atoms with Gasteiger partial charge in [-0.2, -0.15) is 0 Å². The SMILES string of the molecule is CCOc1ccc(S(=O)(=O)N(CC(=O)N2CC(=O)Nc3ccccc32)c2ccc(C)cc2)cc1. The third kappa shape index (κ3) is 4.74. The summed E-state index contributed by atoms with van der Waals surface area (Å²) in [7, 11) is -4.09. The summed E-state index contributed by atoms with van der Waals surface area (Å²) in [5.74, 6) is -0.309. The first-order valence-electron chi connectivity index (χ1n) is 10.8. The highest BCUT2D eigenvalue weighted by Crippen LogP contribution is 2.30. The number of carbonyl (C=O) groups is 2. The second kappa shape index (κ2) is 9.56. The number of sulfonamides is 1. The zero-order chi connectivity index (χ0) is 24.3. The number of hydrogen-bond donors (Lipinski definition) is 1. The first-order chi connectivity index (χ1) is 16.3. The molecule has 9 heteroatoms. The van der Waals surface area contributed by atoms with Crippen molar-refractivity contribution in [3.05, 3.63) is 78.4 Å². The van der Waals surface area contributed by atoms with Crippen LogP contribution in [0.15, 0.2) is 77.7 Å². The third-order valence-electron chi connectivity index (χ3n) is 5.40. The number of nitrogens with one attached hydrogen (secondary N) is 1. The Bertz CT molecular complexity index is 1310. The molecule has 34 heavy (non-hydrogen) atoms. The van der Waals surface area contributed by atoms with Crippen molar-refractivity contribution in [3.8, 4) is 5.75 Å². The van der Waals surface area contributed by atoms with Gasteiger partial charge in [-0.25, -0.2) is 8.42 Å². The topological polar surface area (TPSA) is 96.0 Å². The molecule has 176 valence electrons. The van der Waals surface area contributed by atoms with E-state index in [1.807, 2.05) is 13.8 Å². The van der Waals surface area contributed by atoms with Crippen LogP contribution in [0.5, 0.6) is 5.75 Å². The summed E-state index contributed by atoms with van der Waals surface area (Å²) in [4.78, 5) is 26.9. The van der Waals surface area contributed by atoms with Crippen LogP contribution in [0.4, 0.5) is 17.1 Å². The van der Waals surface area contributed by atoms with Gasteiger partial charge in [0.15, 0.2) is 0 Å². The van der Waals surface area contributed by atoms with Crippen molar-refractivity contribution in [2.24, 2.45) is 0 Å². The van der Waals surface area contributed by atoms with Gasteiger partial charge in [0.2, 0.25) is 11.8 Å². The summed E-state index contributed by atoms with van der Waals surface area (Å²) in [5, 5.41) is 2.73. The number of anilines is 3. The number of carbonyl (C=O) groups excluding carboxylic acids is 2. The van der Waals surface area contributed by atoms with Crippen LogP contribution in [-0.4, -0.2) is 39.9 Å². The number of amides is 2. The molecule has 0 saturated carbocycles. The first-order valence-corrected chi connectivity index (χ1v) is 12.2. The van der Waals surface area contributed by atoms with E-state index in [0.29, 0.717) is 29.4 Å². The Balaban J connectivity index is 1.70. The maximum Gasteiger partial charge on any atom is 0.264 e. The minimum absolute atomic E-state index is 0.0288. The molecule has 1 aliphatic heterocycles. The molecule has 4 rings (SSSR count). The number of nitrogens with zero attached hydrogens (tertiary/aromatic N) is 2. The van der Waals surface area contributed by atoms with Crippen LogP contribution in [0, 0.1) is 6.92 Å². The quantitative estimate of drug-likeness (QED) is 0.559. The van der Waals surface area contributed by atoms with Crippen LogP contribution in [0.3, 0.4) is 0 Å². The van der Waals surface area contributed by atoms with E-state index < -0.39 is 22.5 Å². The maximum atomic E-state index is 13.7. The second-order valence-electron chi connectivity index (χ2n) is 7.80. The van der Waals surface area contributed by atoms with E-state index >= 15 is 0 Å². The summed E-state index contributed by atoms with van der Waals surface area (Å²) in [6.45, 7) is 3.53. The van der Waals surface area contributed by atoms with Crippen molar-refractivity contribution >= 4 is 38.9 Å². The molecule has 0 bridgehead atoms. The zero-order valence-corrected chi connectivity index (χ0v) is 19.7. The fourth-order valence-corrected chi connectivity index (χ4v) is 5.11. The summed E-state index contributed by atoms with van der Waals surface area (Å²) < 4.78 is 33.8. The van der Waals surface area contributed by atoms with Crippen molar-refractivity contribution in [1.82, 2.24) is 0 Å². The van der Waals surface area contributed by atoms with Crippen LogP contribution >= 0.6 is 0 Å². The predicted molar refractivity (Wildman–Crippen MR) is 131 cm³/mol. The number of para-hydroxylation sites is 2. The number of fused-ring (bicyclic) bond motifs is 1. The van der Waals surface area contributed by atoms with Gasteiger partial charge in [0.05, 0.1) is 28.6 Å². The fourth-order valence-electron chi connectivity index (χ4n) is 3.69. The predicted octanol–water partition coefficient (Wildman–Crippen LogP) is 3.57. The number of ether oxygens (including phenoxy) is 1. The average Bonchev–Trinajstić information content (AvgIpc) is 2.83. The van der Waals surface area contributed by atoms with E-state index in [0.717, 1.165) is 9.87 Å². The molecule has 0 atom stereocenters. The summed E-state index contributed by atoms with van der Waals surface area (Å²) in [5.41, 5.74) is 2.33. The molecule has 0 radical (unpaired) electrons. The maximum absolute atomic E-state index is 13.7. The Kier molecular flexibility index (Phi) is 6.56. The van der Waals surface area contributed by atoms with Gasteiger partial charge in [0, 0.05) is 0 Å². The van der Waals surface area contributed by atoms with Gasteiger partial charge in [0.25, 0.3) is 10.0 Å². The molecule has 0 saturated heterocycles. The molecule has 0 fully saturated rings. The standard InChI is InChI=1S/C25H25N3O5S/c1-3-33-20-12-14-21(15-13-20)34(31,32)28(19-10-8-18(2)9-11-19)17-25(30)27-16-24(29)26-22-6-4-5-7-23(22)27/h4-15H,3,16-17H2,1-2H3,(H,26,29). The molecule has 3 aromatic carbocycles. The Morgan fingerprint density at radius 3 is 2.38 bits per heavy atom. The number of hydrogen-bond acceptors (Lipinski definition) is 5. The number of aryl methyl sites for hydroxylation is 1. The fraction of sp³-hybridized carbons (Fsp3) is 0.200. The largest absolute Gasteiger partial charge is 0.494 e. The number of rotatable bonds is 7. The molecule has 8 nitrogen and oxygen atoms in total. The van der Waals surface area contributed by atoms with Gasteiger partial charge in [-0.15, -0.1) is 0 Å². The molecule has 3 aromatic rings. The number of benzene rings is 3. The molecule has 2 amide bonds. The van der Waals surface area contributed by atoms with Crippen LogP contribution < -0.4 is 19.3 Å². The van der Waals surface area contributed by atoms with Crippen molar-refractivity contribution in [3.63, 3.8) is 0 Å². The van der Waals surface area contributed by atoms with Crippen LogP contribution in [-0.2, 0) is 19.6 Å². The van der Waals surface area contributed by atoms with E-state index in [1.165, 1.54) is 17.0 Å². The molecule has 0 aliphatic carbocycles. The zero-order valence-electron chi connectivity index (χ0n) is 18.9. The third-order valence-corrected chi connectivity index (χ3v) is 7.18. The average molecular weight is 480 g/mol. The van der Waals surface area contributed by atoms with E-state index in [1.54, 1.807) is 60.7 Å². The highest BCUT2D eigenvalue weighted by Gasteiger charge is 2.32. The monoisotopic (exact) mass is 479 g/mol. The minimum Gasteiger partial charge on any atom is -0.494 e. The smallest absolute Gasteiger partial charge is 0.264 e. The molecule has 0 aromatic heterocycles. The van der Waals surface area contributed by atoms with Crippen LogP contribution in [0.2, 0.25) is 0 Å². The van der Waals surface area contributed by atoms with Gasteiger partial charge >= 0.3 is 0 Å². The Morgan fingerprint density at radius 2 is 1.71 bits per heavy atom. The van der Waals surface area contributed by atoms with Crippen molar-refractivity contribution < 1.29 is 22.7 Å². The Morgan fingerprint density at radius 1 is 1.03 bits per heavy atom. The van der Waals surface area contributed by atoms with E-state index in [4.69, 9.17) is 4.74 Å². The van der Waals surface area contributed by atoms with Gasteiger partial charge in [-0.1, -0.05) is 29.8 Å².